The molecule has 0 saturated heterocycles. The van der Waals surface area contributed by atoms with Crippen LogP contribution in [0.25, 0.3) is 0 Å². The van der Waals surface area contributed by atoms with Gasteiger partial charge in [0.25, 0.3) is 0 Å². The Balaban J connectivity index is 3.36. The number of rotatable bonds is 7. The number of esters is 1. The number of aliphatic carboxylic acids is 1. The zero-order valence-corrected chi connectivity index (χ0v) is 12.7. The standard InChI is InChI=1S/C14H18O6S/c1-3-20-13(17)14(12(15)16,9-10-21(2,18)19)11-7-5-4-6-8-11/h4-8H,3,9-10H2,1-2H3,(H,15,16). The van der Waals surface area contributed by atoms with Crippen molar-refractivity contribution in [2.75, 3.05) is 18.6 Å². The molecule has 0 aromatic heterocycles. The first-order valence-corrected chi connectivity index (χ1v) is 8.44. The number of carboxylic acids is 1. The van der Waals surface area contributed by atoms with E-state index in [0.29, 0.717) is 0 Å². The molecule has 0 fully saturated rings. The van der Waals surface area contributed by atoms with Crippen LogP contribution in [0.3, 0.4) is 0 Å². The summed E-state index contributed by atoms with van der Waals surface area (Å²) in [6, 6.07) is 7.82. The largest absolute Gasteiger partial charge is 0.480 e. The lowest BCUT2D eigenvalue weighted by atomic mass is 9.78. The van der Waals surface area contributed by atoms with Crippen LogP contribution in [0.4, 0.5) is 0 Å². The molecule has 116 valence electrons. The summed E-state index contributed by atoms with van der Waals surface area (Å²) in [6.45, 7) is 1.58. The third-order valence-electron chi connectivity index (χ3n) is 3.10. The highest BCUT2D eigenvalue weighted by atomic mass is 32.2. The van der Waals surface area contributed by atoms with Crippen molar-refractivity contribution in [1.29, 1.82) is 0 Å². The second-order valence-electron chi connectivity index (χ2n) is 4.68. The Morgan fingerprint density at radius 1 is 1.24 bits per heavy atom. The number of sulfone groups is 1. The molecular weight excluding hydrogens is 296 g/mol. The van der Waals surface area contributed by atoms with Crippen molar-refractivity contribution >= 4 is 21.8 Å². The monoisotopic (exact) mass is 314 g/mol. The van der Waals surface area contributed by atoms with Crippen molar-refractivity contribution in [3.63, 3.8) is 0 Å². The van der Waals surface area contributed by atoms with E-state index in [-0.39, 0.29) is 18.6 Å². The summed E-state index contributed by atoms with van der Waals surface area (Å²) in [4.78, 5) is 24.0. The molecule has 0 aliphatic carbocycles. The first-order chi connectivity index (χ1) is 9.74. The molecule has 0 saturated carbocycles. The number of carbonyl (C=O) groups excluding carboxylic acids is 1. The molecule has 0 bridgehead atoms. The maximum Gasteiger partial charge on any atom is 0.328 e. The average molecular weight is 314 g/mol. The van der Waals surface area contributed by atoms with Crippen molar-refractivity contribution in [1.82, 2.24) is 0 Å². The first kappa shape index (κ1) is 17.2. The van der Waals surface area contributed by atoms with E-state index in [1.807, 2.05) is 0 Å². The predicted octanol–water partition coefficient (Wildman–Crippen LogP) is 1.01. The third-order valence-corrected chi connectivity index (χ3v) is 4.05. The maximum atomic E-state index is 12.2. The fourth-order valence-electron chi connectivity index (χ4n) is 2.00. The minimum absolute atomic E-state index is 0.0135. The maximum absolute atomic E-state index is 12.2. The molecule has 1 unspecified atom stereocenters. The lowest BCUT2D eigenvalue weighted by Gasteiger charge is -2.27. The summed E-state index contributed by atoms with van der Waals surface area (Å²) in [6.07, 6.45) is 0.625. The lowest BCUT2D eigenvalue weighted by Crippen LogP contribution is -2.46. The van der Waals surface area contributed by atoms with Gasteiger partial charge in [0.2, 0.25) is 0 Å². The van der Waals surface area contributed by atoms with Crippen molar-refractivity contribution in [3.8, 4) is 0 Å². The van der Waals surface area contributed by atoms with Crippen molar-refractivity contribution in [2.45, 2.75) is 18.8 Å². The van der Waals surface area contributed by atoms with Gasteiger partial charge < -0.3 is 9.84 Å². The average Bonchev–Trinajstić information content (AvgIpc) is 2.39. The lowest BCUT2D eigenvalue weighted by molar-refractivity contribution is -0.161. The highest BCUT2D eigenvalue weighted by Gasteiger charge is 2.49. The van der Waals surface area contributed by atoms with Gasteiger partial charge in [0.05, 0.1) is 12.4 Å². The second-order valence-corrected chi connectivity index (χ2v) is 6.94. The van der Waals surface area contributed by atoms with E-state index < -0.39 is 32.9 Å². The SMILES string of the molecule is CCOC(=O)C(CCS(C)(=O)=O)(C(=O)O)c1ccccc1. The fourth-order valence-corrected chi connectivity index (χ4v) is 2.67. The molecule has 21 heavy (non-hydrogen) atoms. The van der Waals surface area contributed by atoms with E-state index in [1.54, 1.807) is 25.1 Å². The van der Waals surface area contributed by atoms with Gasteiger partial charge >= 0.3 is 11.9 Å². The highest BCUT2D eigenvalue weighted by molar-refractivity contribution is 7.90. The van der Waals surface area contributed by atoms with Gasteiger partial charge in [-0.05, 0) is 18.9 Å². The number of hydrogen-bond acceptors (Lipinski definition) is 5. The molecule has 6 nitrogen and oxygen atoms in total. The fraction of sp³-hybridized carbons (Fsp3) is 0.429. The van der Waals surface area contributed by atoms with Gasteiger partial charge in [-0.25, -0.2) is 8.42 Å². The van der Waals surface area contributed by atoms with Gasteiger partial charge in [-0.1, -0.05) is 30.3 Å². The van der Waals surface area contributed by atoms with Crippen LogP contribution in [-0.4, -0.2) is 44.1 Å². The van der Waals surface area contributed by atoms with E-state index in [4.69, 9.17) is 4.74 Å². The van der Waals surface area contributed by atoms with Crippen LogP contribution >= 0.6 is 0 Å². The van der Waals surface area contributed by atoms with Crippen LogP contribution in [-0.2, 0) is 29.6 Å². The Labute approximate surface area is 123 Å². The minimum atomic E-state index is -3.42. The molecule has 1 aromatic rings. The second kappa shape index (κ2) is 6.71. The molecular formula is C14H18O6S. The Morgan fingerprint density at radius 2 is 1.81 bits per heavy atom. The van der Waals surface area contributed by atoms with Crippen LogP contribution in [0.2, 0.25) is 0 Å². The zero-order valence-electron chi connectivity index (χ0n) is 11.9. The van der Waals surface area contributed by atoms with E-state index >= 15 is 0 Å². The van der Waals surface area contributed by atoms with Gasteiger partial charge in [-0.15, -0.1) is 0 Å². The molecule has 0 spiro atoms. The van der Waals surface area contributed by atoms with Crippen LogP contribution in [0.5, 0.6) is 0 Å². The Hall–Kier alpha value is -1.89. The summed E-state index contributed by atoms with van der Waals surface area (Å²) in [7, 11) is -3.42. The predicted molar refractivity (Wildman–Crippen MR) is 76.7 cm³/mol. The smallest absolute Gasteiger partial charge is 0.328 e. The van der Waals surface area contributed by atoms with Crippen LogP contribution in [0, 0.1) is 0 Å². The molecule has 1 atom stereocenters. The van der Waals surface area contributed by atoms with Crippen molar-refractivity contribution in [2.24, 2.45) is 0 Å². The Kier molecular flexibility index (Phi) is 5.48. The molecule has 1 aromatic carbocycles. The number of ether oxygens (including phenoxy) is 1. The molecule has 0 aliphatic rings. The van der Waals surface area contributed by atoms with Crippen molar-refractivity contribution < 1.29 is 27.9 Å². The third kappa shape index (κ3) is 4.04. The van der Waals surface area contributed by atoms with Crippen LogP contribution in [0.1, 0.15) is 18.9 Å². The van der Waals surface area contributed by atoms with Gasteiger partial charge in [0.15, 0.2) is 5.41 Å². The molecule has 1 N–H and O–H groups in total. The molecule has 0 radical (unpaired) electrons. The Morgan fingerprint density at radius 3 is 2.24 bits per heavy atom. The Bertz CT molecular complexity index is 608. The summed E-state index contributed by atoms with van der Waals surface area (Å²) in [5.41, 5.74) is -1.81. The van der Waals surface area contributed by atoms with E-state index in [1.165, 1.54) is 12.1 Å². The number of hydrogen-bond donors (Lipinski definition) is 1. The van der Waals surface area contributed by atoms with E-state index in [0.717, 1.165) is 6.26 Å². The van der Waals surface area contributed by atoms with Gasteiger partial charge in [-0.3, -0.25) is 9.59 Å². The normalized spacial score (nSPS) is 14.2. The topological polar surface area (TPSA) is 97.7 Å². The van der Waals surface area contributed by atoms with Crippen LogP contribution < -0.4 is 0 Å². The van der Waals surface area contributed by atoms with Crippen LogP contribution in [0.15, 0.2) is 30.3 Å². The summed E-state index contributed by atoms with van der Waals surface area (Å²) in [5, 5.41) is 9.58. The number of carboxylic acid groups (broad SMARTS) is 1. The summed E-state index contributed by atoms with van der Waals surface area (Å²) < 4.78 is 27.6. The summed E-state index contributed by atoms with van der Waals surface area (Å²) >= 11 is 0. The molecule has 0 aliphatic heterocycles. The molecule has 0 heterocycles. The van der Waals surface area contributed by atoms with E-state index in [9.17, 15) is 23.1 Å². The molecule has 1 rings (SSSR count). The summed E-state index contributed by atoms with van der Waals surface area (Å²) in [5.74, 6) is -2.80. The molecule has 7 heteroatoms. The van der Waals surface area contributed by atoms with Gasteiger partial charge in [-0.2, -0.15) is 0 Å². The first-order valence-electron chi connectivity index (χ1n) is 6.38. The minimum Gasteiger partial charge on any atom is -0.480 e. The molecule has 0 amide bonds. The van der Waals surface area contributed by atoms with E-state index in [2.05, 4.69) is 0 Å². The van der Waals surface area contributed by atoms with Crippen molar-refractivity contribution in [3.05, 3.63) is 35.9 Å². The zero-order chi connectivity index (χ0) is 16.1. The highest BCUT2D eigenvalue weighted by Crippen LogP contribution is 2.31. The number of carbonyl (C=O) groups is 2. The van der Waals surface area contributed by atoms with Gasteiger partial charge in [0, 0.05) is 6.26 Å². The number of benzene rings is 1. The van der Waals surface area contributed by atoms with Gasteiger partial charge in [0.1, 0.15) is 9.84 Å². The quantitative estimate of drug-likeness (QED) is 0.596.